The molecule has 1 N–H and O–H groups in total. The molecule has 0 aromatic heterocycles. The summed E-state index contributed by atoms with van der Waals surface area (Å²) in [6.45, 7) is 0.0806. The number of hydrogen-bond acceptors (Lipinski definition) is 3. The SMILES string of the molecule is COc1ccc(COc2ccc(F)cc2)c(C(=O)O)c1. The predicted octanol–water partition coefficient (Wildman–Crippen LogP) is 3.11. The summed E-state index contributed by atoms with van der Waals surface area (Å²) in [5, 5.41) is 9.16. The summed E-state index contributed by atoms with van der Waals surface area (Å²) in [6.07, 6.45) is 0. The van der Waals surface area contributed by atoms with Crippen LogP contribution < -0.4 is 9.47 Å². The third-order valence-electron chi connectivity index (χ3n) is 2.76. The highest BCUT2D eigenvalue weighted by atomic mass is 19.1. The number of carbonyl (C=O) groups is 1. The second-order valence-electron chi connectivity index (χ2n) is 4.07. The Bertz CT molecular complexity index is 608. The molecule has 0 aliphatic heterocycles. The van der Waals surface area contributed by atoms with Crippen molar-refractivity contribution in [3.63, 3.8) is 0 Å². The Balaban J connectivity index is 2.16. The molecule has 5 heteroatoms. The molecule has 0 saturated heterocycles. The predicted molar refractivity (Wildman–Crippen MR) is 70.7 cm³/mol. The van der Waals surface area contributed by atoms with Crippen LogP contribution in [0.4, 0.5) is 4.39 Å². The van der Waals surface area contributed by atoms with Gasteiger partial charge in [-0.25, -0.2) is 9.18 Å². The van der Waals surface area contributed by atoms with E-state index < -0.39 is 5.97 Å². The van der Waals surface area contributed by atoms with Crippen LogP contribution in [0.2, 0.25) is 0 Å². The molecule has 4 nitrogen and oxygen atoms in total. The van der Waals surface area contributed by atoms with Crippen molar-refractivity contribution in [2.45, 2.75) is 6.61 Å². The molecule has 2 aromatic carbocycles. The summed E-state index contributed by atoms with van der Waals surface area (Å²) in [5.74, 6) is -0.471. The molecular formula is C15H13FO4. The zero-order valence-electron chi connectivity index (χ0n) is 10.8. The first-order valence-corrected chi connectivity index (χ1v) is 5.88. The second kappa shape index (κ2) is 6.06. The first-order valence-electron chi connectivity index (χ1n) is 5.88. The highest BCUT2D eigenvalue weighted by Crippen LogP contribution is 2.20. The van der Waals surface area contributed by atoms with E-state index in [-0.39, 0.29) is 18.0 Å². The normalized spacial score (nSPS) is 10.1. The van der Waals surface area contributed by atoms with Gasteiger partial charge in [0.2, 0.25) is 0 Å². The van der Waals surface area contributed by atoms with Crippen LogP contribution in [-0.4, -0.2) is 18.2 Å². The fourth-order valence-corrected chi connectivity index (χ4v) is 1.70. The fraction of sp³-hybridized carbons (Fsp3) is 0.133. The van der Waals surface area contributed by atoms with Crippen molar-refractivity contribution in [2.24, 2.45) is 0 Å². The van der Waals surface area contributed by atoms with E-state index >= 15 is 0 Å². The number of ether oxygens (including phenoxy) is 2. The molecule has 0 aliphatic carbocycles. The Morgan fingerprint density at radius 2 is 1.80 bits per heavy atom. The van der Waals surface area contributed by atoms with Crippen LogP contribution in [0.3, 0.4) is 0 Å². The maximum atomic E-state index is 12.8. The summed E-state index contributed by atoms with van der Waals surface area (Å²) in [4.78, 5) is 11.2. The van der Waals surface area contributed by atoms with Crippen molar-refractivity contribution in [1.82, 2.24) is 0 Å². The minimum absolute atomic E-state index is 0.0806. The average Bonchev–Trinajstić information content (AvgIpc) is 2.46. The van der Waals surface area contributed by atoms with Crippen LogP contribution in [-0.2, 0) is 6.61 Å². The number of methoxy groups -OCH3 is 1. The molecular weight excluding hydrogens is 263 g/mol. The third kappa shape index (κ3) is 3.26. The van der Waals surface area contributed by atoms with Crippen molar-refractivity contribution in [3.05, 3.63) is 59.4 Å². The highest BCUT2D eigenvalue weighted by Gasteiger charge is 2.12. The Kier molecular flexibility index (Phi) is 4.20. The number of halogens is 1. The van der Waals surface area contributed by atoms with Gasteiger partial charge in [0.15, 0.2) is 0 Å². The van der Waals surface area contributed by atoms with Gasteiger partial charge in [-0.15, -0.1) is 0 Å². The van der Waals surface area contributed by atoms with Crippen molar-refractivity contribution in [1.29, 1.82) is 0 Å². The minimum Gasteiger partial charge on any atom is -0.497 e. The van der Waals surface area contributed by atoms with E-state index in [4.69, 9.17) is 14.6 Å². The molecule has 0 saturated carbocycles. The molecule has 20 heavy (non-hydrogen) atoms. The first kappa shape index (κ1) is 13.9. The molecule has 0 heterocycles. The number of carboxylic acids is 1. The molecule has 0 fully saturated rings. The smallest absolute Gasteiger partial charge is 0.336 e. The van der Waals surface area contributed by atoms with E-state index in [1.54, 1.807) is 12.1 Å². The van der Waals surface area contributed by atoms with Gasteiger partial charge in [-0.1, -0.05) is 6.07 Å². The summed E-state index contributed by atoms with van der Waals surface area (Å²) in [7, 11) is 1.47. The average molecular weight is 276 g/mol. The lowest BCUT2D eigenvalue weighted by Gasteiger charge is -2.10. The molecule has 0 spiro atoms. The maximum Gasteiger partial charge on any atom is 0.336 e. The Morgan fingerprint density at radius 1 is 1.15 bits per heavy atom. The van der Waals surface area contributed by atoms with Gasteiger partial charge in [0, 0.05) is 5.56 Å². The van der Waals surface area contributed by atoms with Gasteiger partial charge in [-0.2, -0.15) is 0 Å². The topological polar surface area (TPSA) is 55.8 Å². The number of rotatable bonds is 5. The van der Waals surface area contributed by atoms with E-state index in [1.807, 2.05) is 0 Å². The molecule has 0 amide bonds. The van der Waals surface area contributed by atoms with Crippen LogP contribution in [0.15, 0.2) is 42.5 Å². The van der Waals surface area contributed by atoms with Gasteiger partial charge in [0.25, 0.3) is 0 Å². The number of aromatic carboxylic acids is 1. The number of carboxylic acid groups (broad SMARTS) is 1. The van der Waals surface area contributed by atoms with Crippen molar-refractivity contribution < 1.29 is 23.8 Å². The summed E-state index contributed by atoms with van der Waals surface area (Å²) < 4.78 is 23.2. The van der Waals surface area contributed by atoms with Crippen molar-refractivity contribution in [3.8, 4) is 11.5 Å². The summed E-state index contributed by atoms with van der Waals surface area (Å²) in [6, 6.07) is 10.3. The number of benzene rings is 2. The van der Waals surface area contributed by atoms with Gasteiger partial charge < -0.3 is 14.6 Å². The quantitative estimate of drug-likeness (QED) is 0.911. The standard InChI is InChI=1S/C15H13FO4/c1-19-13-5-2-10(14(8-13)15(17)18)9-20-12-6-3-11(16)4-7-12/h2-8H,9H2,1H3,(H,17,18). The summed E-state index contributed by atoms with van der Waals surface area (Å²) in [5.41, 5.74) is 0.633. The molecule has 0 radical (unpaired) electrons. The van der Waals surface area contributed by atoms with Gasteiger partial charge in [-0.3, -0.25) is 0 Å². The van der Waals surface area contributed by atoms with Crippen LogP contribution >= 0.6 is 0 Å². The Labute approximate surface area is 115 Å². The molecule has 0 atom stereocenters. The molecule has 0 unspecified atom stereocenters. The first-order chi connectivity index (χ1) is 9.60. The third-order valence-corrected chi connectivity index (χ3v) is 2.76. The van der Waals surface area contributed by atoms with Crippen LogP contribution in [0.1, 0.15) is 15.9 Å². The number of hydrogen-bond donors (Lipinski definition) is 1. The maximum absolute atomic E-state index is 12.8. The van der Waals surface area contributed by atoms with E-state index in [9.17, 15) is 9.18 Å². The van der Waals surface area contributed by atoms with E-state index in [0.717, 1.165) is 0 Å². The van der Waals surface area contributed by atoms with Crippen molar-refractivity contribution >= 4 is 5.97 Å². The Morgan fingerprint density at radius 3 is 2.40 bits per heavy atom. The lowest BCUT2D eigenvalue weighted by atomic mass is 10.1. The van der Waals surface area contributed by atoms with E-state index in [0.29, 0.717) is 17.1 Å². The van der Waals surface area contributed by atoms with Crippen LogP contribution in [0.5, 0.6) is 11.5 Å². The monoisotopic (exact) mass is 276 g/mol. The molecule has 2 aromatic rings. The van der Waals surface area contributed by atoms with E-state index in [1.165, 1.54) is 37.4 Å². The van der Waals surface area contributed by atoms with Gasteiger partial charge in [0.1, 0.15) is 23.9 Å². The molecule has 104 valence electrons. The van der Waals surface area contributed by atoms with Crippen LogP contribution in [0, 0.1) is 5.82 Å². The van der Waals surface area contributed by atoms with Gasteiger partial charge in [0.05, 0.1) is 12.7 Å². The Hall–Kier alpha value is -2.56. The largest absolute Gasteiger partial charge is 0.497 e. The van der Waals surface area contributed by atoms with Gasteiger partial charge >= 0.3 is 5.97 Å². The molecule has 2 rings (SSSR count). The molecule has 0 aliphatic rings. The van der Waals surface area contributed by atoms with Crippen LogP contribution in [0.25, 0.3) is 0 Å². The van der Waals surface area contributed by atoms with Gasteiger partial charge in [-0.05, 0) is 36.4 Å². The molecule has 0 bridgehead atoms. The van der Waals surface area contributed by atoms with Crippen molar-refractivity contribution in [2.75, 3.05) is 7.11 Å². The zero-order valence-corrected chi connectivity index (χ0v) is 10.8. The second-order valence-corrected chi connectivity index (χ2v) is 4.07. The zero-order chi connectivity index (χ0) is 14.5. The lowest BCUT2D eigenvalue weighted by Crippen LogP contribution is -2.06. The van der Waals surface area contributed by atoms with E-state index in [2.05, 4.69) is 0 Å². The summed E-state index contributed by atoms with van der Waals surface area (Å²) >= 11 is 0. The minimum atomic E-state index is -1.05. The fourth-order valence-electron chi connectivity index (χ4n) is 1.70. The highest BCUT2D eigenvalue weighted by molar-refractivity contribution is 5.89. The lowest BCUT2D eigenvalue weighted by molar-refractivity contribution is 0.0693.